The summed E-state index contributed by atoms with van der Waals surface area (Å²) in [5.41, 5.74) is 0.800. The fourth-order valence-electron chi connectivity index (χ4n) is 1.65. The van der Waals surface area contributed by atoms with E-state index in [1.165, 1.54) is 0 Å². The zero-order valence-electron chi connectivity index (χ0n) is 11.6. The van der Waals surface area contributed by atoms with Crippen LogP contribution in [0.15, 0.2) is 21.1 Å². The predicted octanol–water partition coefficient (Wildman–Crippen LogP) is 3.86. The third-order valence-corrected chi connectivity index (χ3v) is 4.26. The number of benzene rings is 1. The van der Waals surface area contributed by atoms with Gasteiger partial charge in [-0.2, -0.15) is 0 Å². The van der Waals surface area contributed by atoms with Crippen LogP contribution in [0, 0.1) is 0 Å². The first-order valence-electron chi connectivity index (χ1n) is 6.42. The summed E-state index contributed by atoms with van der Waals surface area (Å²) in [6.07, 6.45) is 0.864. The molecule has 1 aromatic carbocycles. The largest absolute Gasteiger partial charge is 0.492 e. The average molecular weight is 395 g/mol. The summed E-state index contributed by atoms with van der Waals surface area (Å²) < 4.78 is 7.62. The minimum Gasteiger partial charge on any atom is -0.492 e. The zero-order chi connectivity index (χ0) is 14.5. The lowest BCUT2D eigenvalue weighted by Gasteiger charge is -2.28. The van der Waals surface area contributed by atoms with Crippen molar-refractivity contribution in [2.24, 2.45) is 0 Å². The van der Waals surface area contributed by atoms with Gasteiger partial charge in [-0.1, -0.05) is 22.9 Å². The maximum absolute atomic E-state index is 9.43. The Morgan fingerprint density at radius 1 is 1.32 bits per heavy atom. The Kier molecular flexibility index (Phi) is 6.80. The molecule has 0 radical (unpaired) electrons. The van der Waals surface area contributed by atoms with Crippen molar-refractivity contribution >= 4 is 31.9 Å². The molecule has 0 bridgehead atoms. The van der Waals surface area contributed by atoms with Crippen LogP contribution >= 0.6 is 31.9 Å². The second kappa shape index (κ2) is 7.62. The fourth-order valence-corrected chi connectivity index (χ4v) is 3.08. The van der Waals surface area contributed by atoms with E-state index in [0.29, 0.717) is 13.2 Å². The van der Waals surface area contributed by atoms with E-state index >= 15 is 0 Å². The van der Waals surface area contributed by atoms with E-state index in [0.717, 1.165) is 26.7 Å². The van der Waals surface area contributed by atoms with E-state index in [2.05, 4.69) is 44.1 Å². The molecule has 0 aliphatic carbocycles. The maximum atomic E-state index is 9.43. The van der Waals surface area contributed by atoms with Crippen LogP contribution in [-0.2, 0) is 6.54 Å². The SMILES string of the molecule is CCOc1c(Br)cc(Br)cc1CNC(C)(CC)CO. The van der Waals surface area contributed by atoms with Gasteiger partial charge in [0.15, 0.2) is 0 Å². The Hall–Kier alpha value is -0.100. The van der Waals surface area contributed by atoms with E-state index in [-0.39, 0.29) is 12.1 Å². The van der Waals surface area contributed by atoms with Gasteiger partial charge in [-0.05, 0) is 48.3 Å². The van der Waals surface area contributed by atoms with E-state index in [9.17, 15) is 5.11 Å². The molecule has 19 heavy (non-hydrogen) atoms. The van der Waals surface area contributed by atoms with E-state index in [1.54, 1.807) is 0 Å². The monoisotopic (exact) mass is 393 g/mol. The minimum absolute atomic E-state index is 0.114. The molecule has 0 aliphatic rings. The van der Waals surface area contributed by atoms with Gasteiger partial charge in [0.25, 0.3) is 0 Å². The standard InChI is InChI=1S/C14H21Br2NO2/c1-4-14(3,9-18)17-8-10-6-11(15)7-12(16)13(10)19-5-2/h6-7,17-18H,4-5,8-9H2,1-3H3. The number of hydrogen-bond donors (Lipinski definition) is 2. The van der Waals surface area contributed by atoms with Crippen LogP contribution in [0.2, 0.25) is 0 Å². The smallest absolute Gasteiger partial charge is 0.138 e. The molecule has 0 amide bonds. The van der Waals surface area contributed by atoms with Gasteiger partial charge in [0.05, 0.1) is 17.7 Å². The van der Waals surface area contributed by atoms with Crippen LogP contribution in [-0.4, -0.2) is 23.9 Å². The normalized spacial score (nSPS) is 14.2. The highest BCUT2D eigenvalue weighted by Gasteiger charge is 2.21. The van der Waals surface area contributed by atoms with Crippen LogP contribution in [0.4, 0.5) is 0 Å². The molecule has 0 aromatic heterocycles. The summed E-state index contributed by atoms with van der Waals surface area (Å²) in [4.78, 5) is 0. The molecule has 2 N–H and O–H groups in total. The third-order valence-electron chi connectivity index (χ3n) is 3.21. The van der Waals surface area contributed by atoms with Gasteiger partial charge >= 0.3 is 0 Å². The van der Waals surface area contributed by atoms with Crippen LogP contribution in [0.3, 0.4) is 0 Å². The maximum Gasteiger partial charge on any atom is 0.138 e. The number of ether oxygens (including phenoxy) is 1. The van der Waals surface area contributed by atoms with Gasteiger partial charge in [0, 0.05) is 22.1 Å². The Balaban J connectivity index is 2.93. The fraction of sp³-hybridized carbons (Fsp3) is 0.571. The van der Waals surface area contributed by atoms with Crippen molar-refractivity contribution in [2.45, 2.75) is 39.3 Å². The first kappa shape index (κ1) is 17.0. The highest BCUT2D eigenvalue weighted by Crippen LogP contribution is 2.33. The van der Waals surface area contributed by atoms with Gasteiger partial charge < -0.3 is 15.2 Å². The topological polar surface area (TPSA) is 41.5 Å². The second-order valence-electron chi connectivity index (χ2n) is 4.73. The van der Waals surface area contributed by atoms with Crippen molar-refractivity contribution in [1.29, 1.82) is 0 Å². The summed E-state index contributed by atoms with van der Waals surface area (Å²) in [6, 6.07) is 4.01. The van der Waals surface area contributed by atoms with Crippen molar-refractivity contribution < 1.29 is 9.84 Å². The number of halogens is 2. The van der Waals surface area contributed by atoms with Crippen molar-refractivity contribution in [1.82, 2.24) is 5.32 Å². The van der Waals surface area contributed by atoms with Crippen LogP contribution in [0.1, 0.15) is 32.8 Å². The Labute approximate surface area is 132 Å². The van der Waals surface area contributed by atoms with Gasteiger partial charge in [-0.15, -0.1) is 0 Å². The summed E-state index contributed by atoms with van der Waals surface area (Å²) in [5.74, 6) is 0.856. The predicted molar refractivity (Wildman–Crippen MR) is 85.6 cm³/mol. The van der Waals surface area contributed by atoms with Crippen molar-refractivity contribution in [2.75, 3.05) is 13.2 Å². The number of aliphatic hydroxyl groups excluding tert-OH is 1. The molecule has 108 valence electrons. The lowest BCUT2D eigenvalue weighted by atomic mass is 10.00. The van der Waals surface area contributed by atoms with E-state index in [4.69, 9.17) is 4.74 Å². The summed E-state index contributed by atoms with van der Waals surface area (Å²) >= 11 is 7.01. The number of aliphatic hydroxyl groups is 1. The number of nitrogens with one attached hydrogen (secondary N) is 1. The van der Waals surface area contributed by atoms with E-state index in [1.807, 2.05) is 26.0 Å². The number of hydrogen-bond acceptors (Lipinski definition) is 3. The molecular weight excluding hydrogens is 374 g/mol. The Morgan fingerprint density at radius 2 is 2.00 bits per heavy atom. The Morgan fingerprint density at radius 3 is 2.53 bits per heavy atom. The molecule has 0 aliphatic heterocycles. The lowest BCUT2D eigenvalue weighted by Crippen LogP contribution is -2.44. The zero-order valence-corrected chi connectivity index (χ0v) is 14.8. The number of rotatable bonds is 7. The highest BCUT2D eigenvalue weighted by atomic mass is 79.9. The van der Waals surface area contributed by atoms with Crippen LogP contribution in [0.25, 0.3) is 0 Å². The minimum atomic E-state index is -0.266. The van der Waals surface area contributed by atoms with Crippen LogP contribution < -0.4 is 10.1 Å². The Bertz CT molecular complexity index is 420. The summed E-state index contributed by atoms with van der Waals surface area (Å²) in [6.45, 7) is 7.43. The molecule has 1 rings (SSSR count). The molecular formula is C14H21Br2NO2. The van der Waals surface area contributed by atoms with Gasteiger partial charge in [-0.25, -0.2) is 0 Å². The molecule has 0 saturated heterocycles. The first-order valence-corrected chi connectivity index (χ1v) is 8.01. The first-order chi connectivity index (χ1) is 8.95. The average Bonchev–Trinajstić information content (AvgIpc) is 2.39. The molecule has 3 nitrogen and oxygen atoms in total. The van der Waals surface area contributed by atoms with Gasteiger partial charge in [0.2, 0.25) is 0 Å². The van der Waals surface area contributed by atoms with Gasteiger partial charge in [-0.3, -0.25) is 0 Å². The lowest BCUT2D eigenvalue weighted by molar-refractivity contribution is 0.168. The quantitative estimate of drug-likeness (QED) is 0.737. The molecule has 0 spiro atoms. The molecule has 1 atom stereocenters. The van der Waals surface area contributed by atoms with Crippen molar-refractivity contribution in [3.05, 3.63) is 26.6 Å². The third kappa shape index (κ3) is 4.74. The molecule has 0 saturated carbocycles. The second-order valence-corrected chi connectivity index (χ2v) is 6.50. The molecule has 5 heteroatoms. The molecule has 1 aromatic rings. The molecule has 0 heterocycles. The van der Waals surface area contributed by atoms with Crippen molar-refractivity contribution in [3.63, 3.8) is 0 Å². The van der Waals surface area contributed by atoms with Crippen LogP contribution in [0.5, 0.6) is 5.75 Å². The molecule has 1 unspecified atom stereocenters. The van der Waals surface area contributed by atoms with E-state index < -0.39 is 0 Å². The highest BCUT2D eigenvalue weighted by molar-refractivity contribution is 9.11. The van der Waals surface area contributed by atoms with Crippen molar-refractivity contribution in [3.8, 4) is 5.75 Å². The molecule has 0 fully saturated rings. The van der Waals surface area contributed by atoms with Gasteiger partial charge in [0.1, 0.15) is 5.75 Å². The summed E-state index contributed by atoms with van der Waals surface area (Å²) in [7, 11) is 0. The summed E-state index contributed by atoms with van der Waals surface area (Å²) in [5, 5.41) is 12.8.